The van der Waals surface area contributed by atoms with Gasteiger partial charge in [0.2, 0.25) is 0 Å². The van der Waals surface area contributed by atoms with E-state index >= 15 is 0 Å². The summed E-state index contributed by atoms with van der Waals surface area (Å²) in [5, 5.41) is 10.7. The maximum atomic E-state index is 9.53. The van der Waals surface area contributed by atoms with E-state index in [9.17, 15) is 5.11 Å². The third kappa shape index (κ3) is 1.53. The number of hydrogen-bond donors (Lipinski definition) is 1. The molecule has 0 radical (unpaired) electrons. The molecular weight excluding hydrogens is 194 g/mol. The van der Waals surface area contributed by atoms with Gasteiger partial charge < -0.3 is 5.11 Å². The predicted octanol–water partition coefficient (Wildman–Crippen LogP) is 2.78. The Kier molecular flexibility index (Phi) is 2.52. The van der Waals surface area contributed by atoms with Crippen molar-refractivity contribution in [2.75, 3.05) is 0 Å². The van der Waals surface area contributed by atoms with Gasteiger partial charge in [-0.05, 0) is 24.5 Å². The van der Waals surface area contributed by atoms with Crippen LogP contribution in [0.2, 0.25) is 0 Å². The van der Waals surface area contributed by atoms with Gasteiger partial charge in [0.05, 0.1) is 11.6 Å². The van der Waals surface area contributed by atoms with Gasteiger partial charge in [-0.25, -0.2) is 0 Å². The lowest BCUT2D eigenvalue weighted by Gasteiger charge is -2.12. The molecule has 14 heavy (non-hydrogen) atoms. The van der Waals surface area contributed by atoms with Gasteiger partial charge in [0, 0.05) is 16.2 Å². The average Bonchev–Trinajstić information content (AvgIpc) is 2.60. The fourth-order valence-electron chi connectivity index (χ4n) is 1.46. The minimum atomic E-state index is -0.321. The predicted molar refractivity (Wildman–Crippen MR) is 59.7 cm³/mol. The molecule has 1 heterocycles. The van der Waals surface area contributed by atoms with Crippen molar-refractivity contribution in [3.63, 3.8) is 0 Å². The minimum Gasteiger partial charge on any atom is -0.393 e. The Hall–Kier alpha value is -0.930. The number of nitrogens with zero attached hydrogens (tertiary/aromatic N) is 1. The average molecular weight is 207 g/mol. The molecule has 0 amide bonds. The van der Waals surface area contributed by atoms with E-state index in [1.54, 1.807) is 0 Å². The quantitative estimate of drug-likeness (QED) is 0.821. The second-order valence-corrected chi connectivity index (χ2v) is 4.40. The zero-order chi connectivity index (χ0) is 10.1. The van der Waals surface area contributed by atoms with Crippen LogP contribution in [-0.4, -0.2) is 15.6 Å². The van der Waals surface area contributed by atoms with Gasteiger partial charge in [-0.2, -0.15) is 4.37 Å². The Morgan fingerprint density at radius 3 is 2.71 bits per heavy atom. The SMILES string of the molecule is CC(O)C(C)c1snc2ccccc12. The molecule has 2 aromatic rings. The maximum absolute atomic E-state index is 9.53. The van der Waals surface area contributed by atoms with Crippen LogP contribution in [0, 0.1) is 0 Å². The molecule has 0 aliphatic heterocycles. The molecule has 0 bridgehead atoms. The summed E-state index contributed by atoms with van der Waals surface area (Å²) < 4.78 is 4.35. The smallest absolute Gasteiger partial charge is 0.0843 e. The standard InChI is InChI=1S/C11H13NOS/c1-7(8(2)13)11-9-5-3-4-6-10(9)12-14-11/h3-8,13H,1-2H3. The van der Waals surface area contributed by atoms with Crippen molar-refractivity contribution in [1.29, 1.82) is 0 Å². The van der Waals surface area contributed by atoms with Gasteiger partial charge >= 0.3 is 0 Å². The van der Waals surface area contributed by atoms with E-state index in [4.69, 9.17) is 0 Å². The van der Waals surface area contributed by atoms with Crippen molar-refractivity contribution in [3.8, 4) is 0 Å². The Balaban J connectivity index is 2.53. The molecule has 0 spiro atoms. The summed E-state index contributed by atoms with van der Waals surface area (Å²) in [6.45, 7) is 3.85. The molecule has 0 aliphatic rings. The first-order valence-electron chi connectivity index (χ1n) is 4.72. The van der Waals surface area contributed by atoms with Gasteiger partial charge in [0.25, 0.3) is 0 Å². The van der Waals surface area contributed by atoms with Crippen molar-refractivity contribution >= 4 is 22.4 Å². The number of rotatable bonds is 2. The topological polar surface area (TPSA) is 33.1 Å². The van der Waals surface area contributed by atoms with Crippen LogP contribution in [0.5, 0.6) is 0 Å². The van der Waals surface area contributed by atoms with Crippen LogP contribution in [-0.2, 0) is 0 Å². The summed E-state index contributed by atoms with van der Waals surface area (Å²) in [7, 11) is 0. The molecule has 2 atom stereocenters. The third-order valence-corrected chi connectivity index (χ3v) is 3.63. The number of benzene rings is 1. The summed E-state index contributed by atoms with van der Waals surface area (Å²) in [4.78, 5) is 1.18. The Morgan fingerprint density at radius 1 is 1.29 bits per heavy atom. The lowest BCUT2D eigenvalue weighted by Crippen LogP contribution is -2.09. The summed E-state index contributed by atoms with van der Waals surface area (Å²) in [6.07, 6.45) is -0.321. The molecule has 74 valence electrons. The number of hydrogen-bond acceptors (Lipinski definition) is 3. The highest BCUT2D eigenvalue weighted by atomic mass is 32.1. The first-order valence-corrected chi connectivity index (χ1v) is 5.50. The Morgan fingerprint density at radius 2 is 2.00 bits per heavy atom. The summed E-state index contributed by atoms with van der Waals surface area (Å²) in [6, 6.07) is 8.06. The van der Waals surface area contributed by atoms with Crippen molar-refractivity contribution < 1.29 is 5.11 Å². The largest absolute Gasteiger partial charge is 0.393 e. The molecule has 0 aliphatic carbocycles. The van der Waals surface area contributed by atoms with E-state index in [2.05, 4.69) is 10.4 Å². The van der Waals surface area contributed by atoms with Crippen LogP contribution in [0.1, 0.15) is 24.6 Å². The molecule has 2 rings (SSSR count). The Labute approximate surface area is 87.4 Å². The van der Waals surface area contributed by atoms with Crippen molar-refractivity contribution in [2.45, 2.75) is 25.9 Å². The maximum Gasteiger partial charge on any atom is 0.0843 e. The fraction of sp³-hybridized carbons (Fsp3) is 0.364. The lowest BCUT2D eigenvalue weighted by atomic mass is 10.0. The van der Waals surface area contributed by atoms with Crippen molar-refractivity contribution in [3.05, 3.63) is 29.1 Å². The van der Waals surface area contributed by atoms with Gasteiger partial charge in [-0.3, -0.25) is 0 Å². The molecule has 3 heteroatoms. The van der Waals surface area contributed by atoms with Crippen LogP contribution >= 0.6 is 11.5 Å². The zero-order valence-electron chi connectivity index (χ0n) is 8.27. The van der Waals surface area contributed by atoms with Crippen LogP contribution in [0.25, 0.3) is 10.9 Å². The van der Waals surface area contributed by atoms with Gasteiger partial charge in [-0.1, -0.05) is 25.1 Å². The van der Waals surface area contributed by atoms with Crippen LogP contribution in [0.4, 0.5) is 0 Å². The fourth-order valence-corrected chi connectivity index (χ4v) is 2.45. The zero-order valence-corrected chi connectivity index (χ0v) is 9.08. The summed E-state index contributed by atoms with van der Waals surface area (Å²) in [5.41, 5.74) is 1.03. The van der Waals surface area contributed by atoms with Crippen LogP contribution < -0.4 is 0 Å². The monoisotopic (exact) mass is 207 g/mol. The summed E-state index contributed by atoms with van der Waals surface area (Å²) >= 11 is 1.49. The second kappa shape index (κ2) is 3.67. The molecular formula is C11H13NOS. The number of fused-ring (bicyclic) bond motifs is 1. The normalized spacial score (nSPS) is 15.6. The van der Waals surface area contributed by atoms with Gasteiger partial charge in [-0.15, -0.1) is 0 Å². The molecule has 1 N–H and O–H groups in total. The van der Waals surface area contributed by atoms with Gasteiger partial charge in [0.1, 0.15) is 0 Å². The number of aromatic nitrogens is 1. The van der Waals surface area contributed by atoms with Crippen molar-refractivity contribution in [2.24, 2.45) is 0 Å². The molecule has 0 fully saturated rings. The number of aliphatic hydroxyl groups excluding tert-OH is 1. The summed E-state index contributed by atoms with van der Waals surface area (Å²) in [5.74, 6) is 0.160. The van der Waals surface area contributed by atoms with Crippen molar-refractivity contribution in [1.82, 2.24) is 4.37 Å². The van der Waals surface area contributed by atoms with E-state index in [0.717, 1.165) is 5.52 Å². The highest BCUT2D eigenvalue weighted by Gasteiger charge is 2.16. The third-order valence-electron chi connectivity index (χ3n) is 2.55. The minimum absolute atomic E-state index is 0.160. The van der Waals surface area contributed by atoms with E-state index in [-0.39, 0.29) is 12.0 Å². The van der Waals surface area contributed by atoms with E-state index in [1.165, 1.54) is 21.8 Å². The molecule has 1 aromatic heterocycles. The highest BCUT2D eigenvalue weighted by molar-refractivity contribution is 7.07. The Bertz CT molecular complexity index is 436. The highest BCUT2D eigenvalue weighted by Crippen LogP contribution is 2.30. The van der Waals surface area contributed by atoms with Gasteiger partial charge in [0.15, 0.2) is 0 Å². The van der Waals surface area contributed by atoms with Crippen LogP contribution in [0.3, 0.4) is 0 Å². The van der Waals surface area contributed by atoms with Crippen LogP contribution in [0.15, 0.2) is 24.3 Å². The molecule has 2 nitrogen and oxygen atoms in total. The molecule has 2 unspecified atom stereocenters. The number of aliphatic hydroxyl groups is 1. The molecule has 0 saturated heterocycles. The first-order chi connectivity index (χ1) is 6.70. The molecule has 0 saturated carbocycles. The van der Waals surface area contributed by atoms with E-state index < -0.39 is 0 Å². The van der Waals surface area contributed by atoms with E-state index in [1.807, 2.05) is 32.0 Å². The van der Waals surface area contributed by atoms with E-state index in [0.29, 0.717) is 0 Å². The first kappa shape index (κ1) is 9.62. The second-order valence-electron chi connectivity index (χ2n) is 3.59. The lowest BCUT2D eigenvalue weighted by molar-refractivity contribution is 0.171. The molecule has 1 aromatic carbocycles.